The zero-order valence-corrected chi connectivity index (χ0v) is 22.4. The van der Waals surface area contributed by atoms with Gasteiger partial charge in [-0.1, -0.05) is 57.4 Å². The Labute approximate surface area is 216 Å². The molecule has 0 aromatic rings. The number of Topliss-reactive ketones (excluding diaryl/α,β-unsaturated/α-hetero) is 1. The number of carbonyl (C=O) groups is 4. The number of urea groups is 1. The van der Waals surface area contributed by atoms with Crippen LogP contribution in [-0.4, -0.2) is 59.1 Å². The van der Waals surface area contributed by atoms with Crippen molar-refractivity contribution in [1.82, 2.24) is 15.1 Å². The number of imide groups is 2. The van der Waals surface area contributed by atoms with Gasteiger partial charge in [-0.25, -0.2) is 4.79 Å². The van der Waals surface area contributed by atoms with Crippen LogP contribution in [0.3, 0.4) is 0 Å². The second kappa shape index (κ2) is 11.6. The van der Waals surface area contributed by atoms with Crippen molar-refractivity contribution in [3.63, 3.8) is 0 Å². The number of allylic oxidation sites excluding steroid dienone is 1. The maximum atomic E-state index is 13.7. The van der Waals surface area contributed by atoms with Crippen LogP contribution in [0, 0.1) is 11.3 Å². The summed E-state index contributed by atoms with van der Waals surface area (Å²) in [6.45, 7) is 2.19. The van der Waals surface area contributed by atoms with E-state index < -0.39 is 23.3 Å². The van der Waals surface area contributed by atoms with E-state index in [2.05, 4.69) is 5.32 Å². The largest absolute Gasteiger partial charge is 0.333 e. The Hall–Kier alpha value is -2.02. The van der Waals surface area contributed by atoms with Crippen molar-refractivity contribution in [1.29, 1.82) is 0 Å². The van der Waals surface area contributed by atoms with Gasteiger partial charge in [-0.15, -0.1) is 0 Å². The summed E-state index contributed by atoms with van der Waals surface area (Å²) >= 11 is 0. The van der Waals surface area contributed by atoms with E-state index in [0.717, 1.165) is 66.9 Å². The third-order valence-electron chi connectivity index (χ3n) is 9.32. The summed E-state index contributed by atoms with van der Waals surface area (Å²) in [5.74, 6) is -1.22. The number of carbonyl (C=O) groups excluding carboxylic acids is 4. The zero-order valence-electron chi connectivity index (χ0n) is 22.4. The normalized spacial score (nSPS) is 30.7. The molecule has 4 rings (SSSR count). The fraction of sp³-hybridized carbons (Fsp3) is 0.793. The topological polar surface area (TPSA) is 86.8 Å². The SMILES string of the molecule is CN1C(=O)N(CC(=O)C2CCNC3(CCCCCCCCCC3)C2)C(=O)C(C)(C2=CCCCC2)C1=O. The first-order chi connectivity index (χ1) is 17.3. The van der Waals surface area contributed by atoms with Gasteiger partial charge in [0.05, 0.1) is 6.54 Å². The van der Waals surface area contributed by atoms with Crippen LogP contribution in [0.25, 0.3) is 0 Å². The minimum Gasteiger partial charge on any atom is -0.311 e. The number of ketones is 1. The quantitative estimate of drug-likeness (QED) is 0.428. The third-order valence-corrected chi connectivity index (χ3v) is 9.32. The molecule has 36 heavy (non-hydrogen) atoms. The van der Waals surface area contributed by atoms with Gasteiger partial charge < -0.3 is 5.32 Å². The molecular weight excluding hydrogens is 454 g/mol. The number of nitrogens with one attached hydrogen (secondary N) is 1. The van der Waals surface area contributed by atoms with Crippen LogP contribution in [0.5, 0.6) is 0 Å². The van der Waals surface area contributed by atoms with Gasteiger partial charge in [0.25, 0.3) is 5.91 Å². The Kier molecular flexibility index (Phi) is 8.69. The summed E-state index contributed by atoms with van der Waals surface area (Å²) in [7, 11) is 1.43. The Morgan fingerprint density at radius 3 is 2.19 bits per heavy atom. The fourth-order valence-electron chi connectivity index (χ4n) is 6.97. The number of barbiturate groups is 1. The van der Waals surface area contributed by atoms with Crippen LogP contribution in [-0.2, 0) is 14.4 Å². The summed E-state index contributed by atoms with van der Waals surface area (Å²) in [5, 5.41) is 3.79. The van der Waals surface area contributed by atoms with E-state index in [-0.39, 0.29) is 23.8 Å². The molecule has 0 aromatic heterocycles. The van der Waals surface area contributed by atoms with Gasteiger partial charge in [0.15, 0.2) is 5.78 Å². The van der Waals surface area contributed by atoms with Gasteiger partial charge >= 0.3 is 6.03 Å². The van der Waals surface area contributed by atoms with Crippen molar-refractivity contribution in [2.75, 3.05) is 20.1 Å². The number of nitrogens with zero attached hydrogens (tertiary/aromatic N) is 2. The molecule has 2 aliphatic carbocycles. The molecule has 4 aliphatic rings. The maximum absolute atomic E-state index is 13.7. The van der Waals surface area contributed by atoms with Crippen LogP contribution in [0.4, 0.5) is 4.79 Å². The predicted molar refractivity (Wildman–Crippen MR) is 139 cm³/mol. The van der Waals surface area contributed by atoms with Gasteiger partial charge in [-0.3, -0.25) is 24.2 Å². The molecule has 0 aromatic carbocycles. The van der Waals surface area contributed by atoms with Gasteiger partial charge in [0.1, 0.15) is 5.41 Å². The number of hydrogen-bond donors (Lipinski definition) is 1. The minimum atomic E-state index is -1.40. The zero-order chi connectivity index (χ0) is 25.8. The average molecular weight is 500 g/mol. The standard InChI is InChI=1S/C29H45N3O4/c1-28(23-14-10-9-11-15-23)25(34)31(2)27(36)32(26(28)35)21-24(33)22-16-19-30-29(20-22)17-12-7-5-3-4-6-8-13-18-29/h14,22,30H,3-13,15-21H2,1-2H3. The lowest BCUT2D eigenvalue weighted by atomic mass is 9.73. The molecular formula is C29H45N3O4. The monoisotopic (exact) mass is 499 g/mol. The first-order valence-electron chi connectivity index (χ1n) is 14.4. The molecule has 3 fully saturated rings. The molecule has 7 nitrogen and oxygen atoms in total. The third kappa shape index (κ3) is 5.46. The summed E-state index contributed by atoms with van der Waals surface area (Å²) in [5.41, 5.74) is -0.626. The molecule has 1 N–H and O–H groups in total. The van der Waals surface area contributed by atoms with Crippen molar-refractivity contribution in [2.45, 2.75) is 115 Å². The smallest absolute Gasteiger partial charge is 0.311 e. The first-order valence-corrected chi connectivity index (χ1v) is 14.4. The van der Waals surface area contributed by atoms with Gasteiger partial charge in [-0.05, 0) is 70.4 Å². The Bertz CT molecular complexity index is 885. The number of hydrogen-bond acceptors (Lipinski definition) is 5. The predicted octanol–water partition coefficient (Wildman–Crippen LogP) is 5.14. The molecule has 200 valence electrons. The highest BCUT2D eigenvalue weighted by molar-refractivity contribution is 6.21. The van der Waals surface area contributed by atoms with E-state index in [1.165, 1.54) is 58.4 Å². The van der Waals surface area contributed by atoms with Crippen LogP contribution in [0.2, 0.25) is 0 Å². The molecule has 1 saturated carbocycles. The number of amides is 4. The van der Waals surface area contributed by atoms with Crippen molar-refractivity contribution in [3.8, 4) is 0 Å². The van der Waals surface area contributed by atoms with Crippen LogP contribution in [0.1, 0.15) is 110 Å². The molecule has 2 saturated heterocycles. The van der Waals surface area contributed by atoms with E-state index in [4.69, 9.17) is 0 Å². The molecule has 0 radical (unpaired) electrons. The highest BCUT2D eigenvalue weighted by atomic mass is 16.2. The lowest BCUT2D eigenvalue weighted by Crippen LogP contribution is -2.65. The van der Waals surface area contributed by atoms with E-state index in [0.29, 0.717) is 6.42 Å². The second-order valence-electron chi connectivity index (χ2n) is 11.8. The molecule has 2 unspecified atom stereocenters. The van der Waals surface area contributed by atoms with E-state index in [9.17, 15) is 19.2 Å². The Morgan fingerprint density at radius 2 is 1.58 bits per heavy atom. The fourth-order valence-corrected chi connectivity index (χ4v) is 6.97. The van der Waals surface area contributed by atoms with Crippen LogP contribution in [0.15, 0.2) is 11.6 Å². The molecule has 4 amide bonds. The highest BCUT2D eigenvalue weighted by Gasteiger charge is 2.55. The van der Waals surface area contributed by atoms with Crippen LogP contribution < -0.4 is 5.32 Å². The second-order valence-corrected chi connectivity index (χ2v) is 11.8. The van der Waals surface area contributed by atoms with Crippen molar-refractivity contribution in [2.24, 2.45) is 11.3 Å². The van der Waals surface area contributed by atoms with Crippen molar-refractivity contribution < 1.29 is 19.2 Å². The van der Waals surface area contributed by atoms with Gasteiger partial charge in [-0.2, -0.15) is 0 Å². The maximum Gasteiger partial charge on any atom is 0.333 e. The molecule has 2 heterocycles. The number of rotatable bonds is 4. The molecule has 0 bridgehead atoms. The van der Waals surface area contributed by atoms with Gasteiger partial charge in [0, 0.05) is 18.5 Å². The highest BCUT2D eigenvalue weighted by Crippen LogP contribution is 2.41. The van der Waals surface area contributed by atoms with Crippen molar-refractivity contribution in [3.05, 3.63) is 11.6 Å². The van der Waals surface area contributed by atoms with E-state index >= 15 is 0 Å². The Balaban J connectivity index is 1.49. The lowest BCUT2D eigenvalue weighted by molar-refractivity contribution is -0.155. The summed E-state index contributed by atoms with van der Waals surface area (Å²) in [4.78, 5) is 55.6. The van der Waals surface area contributed by atoms with Crippen LogP contribution >= 0.6 is 0 Å². The van der Waals surface area contributed by atoms with E-state index in [1.807, 2.05) is 6.08 Å². The molecule has 1 spiro atoms. The number of piperidine rings is 1. The minimum absolute atomic E-state index is 0.0208. The van der Waals surface area contributed by atoms with E-state index in [1.54, 1.807) is 6.92 Å². The first kappa shape index (κ1) is 27.0. The summed E-state index contributed by atoms with van der Waals surface area (Å²) in [6, 6.07) is -0.675. The summed E-state index contributed by atoms with van der Waals surface area (Å²) < 4.78 is 0. The van der Waals surface area contributed by atoms with Crippen molar-refractivity contribution >= 4 is 23.6 Å². The average Bonchev–Trinajstić information content (AvgIpc) is 2.95. The lowest BCUT2D eigenvalue weighted by Gasteiger charge is -2.44. The van der Waals surface area contributed by atoms with Gasteiger partial charge in [0.2, 0.25) is 5.91 Å². The molecule has 2 atom stereocenters. The Morgan fingerprint density at radius 1 is 0.944 bits per heavy atom. The summed E-state index contributed by atoms with van der Waals surface area (Å²) in [6.07, 6.45) is 19.2. The molecule has 2 aliphatic heterocycles. The molecule has 7 heteroatoms.